The second kappa shape index (κ2) is 10.1. The number of aliphatic hydroxyl groups is 1. The van der Waals surface area contributed by atoms with Crippen LogP contribution in [0.3, 0.4) is 0 Å². The molecule has 7 nitrogen and oxygen atoms in total. The van der Waals surface area contributed by atoms with Gasteiger partial charge in [0.15, 0.2) is 11.6 Å². The smallest absolute Gasteiger partial charge is 0.341 e. The number of benzene rings is 2. The van der Waals surface area contributed by atoms with Crippen LogP contribution < -0.4 is 4.74 Å². The minimum atomic E-state index is -1.13. The lowest BCUT2D eigenvalue weighted by Crippen LogP contribution is -2.37. The average Bonchev–Trinajstić information content (AvgIpc) is 3.17. The first-order valence-corrected chi connectivity index (χ1v) is 11.7. The van der Waals surface area contributed by atoms with Gasteiger partial charge in [0.1, 0.15) is 5.75 Å². The molecule has 2 heterocycles. The van der Waals surface area contributed by atoms with Gasteiger partial charge in [0.2, 0.25) is 0 Å². The maximum atomic E-state index is 13.9. The first-order chi connectivity index (χ1) is 17.2. The summed E-state index contributed by atoms with van der Waals surface area (Å²) >= 11 is 0. The number of halogens is 2. The number of H-pyrrole nitrogens is 1. The van der Waals surface area contributed by atoms with E-state index in [1.165, 1.54) is 17.2 Å². The van der Waals surface area contributed by atoms with Crippen LogP contribution in [0.1, 0.15) is 48.8 Å². The molecule has 4 rings (SSSR count). The molecular weight excluding hydrogens is 470 g/mol. The summed E-state index contributed by atoms with van der Waals surface area (Å²) in [5.41, 5.74) is 1.54. The zero-order valence-corrected chi connectivity index (χ0v) is 20.4. The first kappa shape index (κ1) is 25.4. The predicted molar refractivity (Wildman–Crippen MR) is 131 cm³/mol. The Morgan fingerprint density at radius 1 is 1.14 bits per heavy atom. The normalized spacial score (nSPS) is 14.7. The van der Waals surface area contributed by atoms with Gasteiger partial charge >= 0.3 is 5.97 Å². The lowest BCUT2D eigenvalue weighted by Gasteiger charge is -2.29. The molecule has 0 unspecified atom stereocenters. The molecule has 9 heteroatoms. The number of fused-ring (bicyclic) bond motifs is 3. The van der Waals surface area contributed by atoms with E-state index >= 15 is 0 Å². The summed E-state index contributed by atoms with van der Waals surface area (Å²) in [5, 5.41) is 9.84. The number of hydrogen-bond acceptors (Lipinski definition) is 5. The van der Waals surface area contributed by atoms with Crippen molar-refractivity contribution in [3.63, 3.8) is 0 Å². The van der Waals surface area contributed by atoms with Crippen molar-refractivity contribution in [3.8, 4) is 5.75 Å². The maximum absolute atomic E-state index is 13.9. The fourth-order valence-corrected chi connectivity index (χ4v) is 4.49. The fourth-order valence-electron chi connectivity index (χ4n) is 4.49. The SMILES string of the molecule is CCOC(=O)C1=CN(C(=O)c2ccc(F)c(F)c2)CC(C)(C)c2c1[nH]c1cc(OCCCO)ccc21. The zero-order valence-electron chi connectivity index (χ0n) is 20.4. The van der Waals surface area contributed by atoms with Crippen molar-refractivity contribution >= 4 is 28.4 Å². The second-order valence-electron chi connectivity index (χ2n) is 9.22. The summed E-state index contributed by atoms with van der Waals surface area (Å²) in [6.45, 7) is 6.27. The summed E-state index contributed by atoms with van der Waals surface area (Å²) in [7, 11) is 0. The van der Waals surface area contributed by atoms with Gasteiger partial charge in [-0.1, -0.05) is 13.8 Å². The molecule has 1 amide bonds. The van der Waals surface area contributed by atoms with Gasteiger partial charge in [0.05, 0.1) is 24.5 Å². The topological polar surface area (TPSA) is 91.9 Å². The molecule has 0 saturated heterocycles. The molecule has 0 atom stereocenters. The molecule has 2 N–H and O–H groups in total. The fraction of sp³-hybridized carbons (Fsp3) is 0.333. The molecular formula is C27H28F2N2O5. The predicted octanol–water partition coefficient (Wildman–Crippen LogP) is 4.54. The minimum absolute atomic E-state index is 0.0285. The van der Waals surface area contributed by atoms with E-state index < -0.39 is 28.9 Å². The number of nitrogens with zero attached hydrogens (tertiary/aromatic N) is 1. The van der Waals surface area contributed by atoms with Crippen molar-refractivity contribution in [2.75, 3.05) is 26.4 Å². The van der Waals surface area contributed by atoms with Crippen molar-refractivity contribution in [2.24, 2.45) is 0 Å². The Labute approximate surface area is 207 Å². The molecule has 1 aliphatic heterocycles. The quantitative estimate of drug-likeness (QED) is 0.369. The monoisotopic (exact) mass is 498 g/mol. The number of carbonyl (C=O) groups is 2. The van der Waals surface area contributed by atoms with E-state index in [4.69, 9.17) is 14.6 Å². The van der Waals surface area contributed by atoms with E-state index in [9.17, 15) is 18.4 Å². The first-order valence-electron chi connectivity index (χ1n) is 11.7. The van der Waals surface area contributed by atoms with E-state index in [-0.39, 0.29) is 30.9 Å². The number of ether oxygens (including phenoxy) is 2. The van der Waals surface area contributed by atoms with Crippen LogP contribution in [-0.4, -0.2) is 53.2 Å². The van der Waals surface area contributed by atoms with Crippen molar-refractivity contribution < 1.29 is 33.0 Å². The molecule has 0 bridgehead atoms. The van der Waals surface area contributed by atoms with Gasteiger partial charge in [-0.25, -0.2) is 13.6 Å². The lowest BCUT2D eigenvalue weighted by molar-refractivity contribution is -0.136. The van der Waals surface area contributed by atoms with E-state index in [1.807, 2.05) is 32.0 Å². The van der Waals surface area contributed by atoms with Crippen LogP contribution >= 0.6 is 0 Å². The molecule has 1 aromatic heterocycles. The average molecular weight is 499 g/mol. The van der Waals surface area contributed by atoms with Crippen molar-refractivity contribution in [1.29, 1.82) is 0 Å². The van der Waals surface area contributed by atoms with Crippen LogP contribution in [0.15, 0.2) is 42.6 Å². The van der Waals surface area contributed by atoms with E-state index in [1.54, 1.807) is 6.92 Å². The highest BCUT2D eigenvalue weighted by molar-refractivity contribution is 6.18. The second-order valence-corrected chi connectivity index (χ2v) is 9.22. The van der Waals surface area contributed by atoms with Gasteiger partial charge in [-0.3, -0.25) is 4.79 Å². The third-order valence-electron chi connectivity index (χ3n) is 6.06. The Bertz CT molecular complexity index is 1350. The number of rotatable bonds is 7. The van der Waals surface area contributed by atoms with Gasteiger partial charge in [-0.2, -0.15) is 0 Å². The Morgan fingerprint density at radius 2 is 1.92 bits per heavy atom. The minimum Gasteiger partial charge on any atom is -0.493 e. The summed E-state index contributed by atoms with van der Waals surface area (Å²) in [6.07, 6.45) is 1.91. The van der Waals surface area contributed by atoms with Gasteiger partial charge in [-0.05, 0) is 42.8 Å². The molecule has 2 aromatic carbocycles. The van der Waals surface area contributed by atoms with Crippen LogP contribution in [-0.2, 0) is 14.9 Å². The molecule has 0 saturated carbocycles. The number of aromatic nitrogens is 1. The molecule has 0 aliphatic carbocycles. The van der Waals surface area contributed by atoms with Gasteiger partial charge < -0.3 is 24.5 Å². The molecule has 190 valence electrons. The van der Waals surface area contributed by atoms with E-state index in [0.717, 1.165) is 28.6 Å². The Hall–Kier alpha value is -3.72. The largest absolute Gasteiger partial charge is 0.493 e. The standard InChI is InChI=1S/C27H28F2N2O5/c1-4-35-26(34)19-14-31(25(33)16-6-9-20(28)21(29)12-16)15-27(2,3)23-18-8-7-17(36-11-5-10-32)13-22(18)30-24(19)23/h6-9,12-14,30,32H,4-5,10-11,15H2,1-3H3. The van der Waals surface area contributed by atoms with Gasteiger partial charge in [0, 0.05) is 53.7 Å². The molecule has 0 radical (unpaired) electrons. The van der Waals surface area contributed by atoms with Crippen LogP contribution in [0.2, 0.25) is 0 Å². The number of aromatic amines is 1. The van der Waals surface area contributed by atoms with Crippen molar-refractivity contribution in [1.82, 2.24) is 9.88 Å². The summed E-state index contributed by atoms with van der Waals surface area (Å²) in [5.74, 6) is -2.75. The summed E-state index contributed by atoms with van der Waals surface area (Å²) in [6, 6.07) is 8.48. The lowest BCUT2D eigenvalue weighted by atomic mass is 9.81. The number of amides is 1. The van der Waals surface area contributed by atoms with Crippen LogP contribution in [0.4, 0.5) is 8.78 Å². The zero-order chi connectivity index (χ0) is 26.0. The van der Waals surface area contributed by atoms with E-state index in [0.29, 0.717) is 24.5 Å². The number of aliphatic hydroxyl groups excluding tert-OH is 1. The Morgan fingerprint density at radius 3 is 2.61 bits per heavy atom. The number of esters is 1. The molecule has 0 spiro atoms. The summed E-state index contributed by atoms with van der Waals surface area (Å²) < 4.78 is 38.3. The maximum Gasteiger partial charge on any atom is 0.341 e. The third kappa shape index (κ3) is 4.83. The molecule has 36 heavy (non-hydrogen) atoms. The Kier molecular flexibility index (Phi) is 7.12. The summed E-state index contributed by atoms with van der Waals surface area (Å²) in [4.78, 5) is 31.0. The van der Waals surface area contributed by atoms with Crippen LogP contribution in [0.5, 0.6) is 5.75 Å². The van der Waals surface area contributed by atoms with E-state index in [2.05, 4.69) is 4.98 Å². The Balaban J connectivity index is 1.83. The van der Waals surface area contributed by atoms with Gasteiger partial charge in [-0.15, -0.1) is 0 Å². The highest BCUT2D eigenvalue weighted by Crippen LogP contribution is 2.41. The highest BCUT2D eigenvalue weighted by atomic mass is 19.2. The molecule has 0 fully saturated rings. The van der Waals surface area contributed by atoms with Crippen LogP contribution in [0, 0.1) is 11.6 Å². The number of nitrogens with one attached hydrogen (secondary N) is 1. The molecule has 1 aliphatic rings. The van der Waals surface area contributed by atoms with Crippen molar-refractivity contribution in [2.45, 2.75) is 32.6 Å². The third-order valence-corrected chi connectivity index (χ3v) is 6.06. The number of hydrogen-bond donors (Lipinski definition) is 2. The van der Waals surface area contributed by atoms with Gasteiger partial charge in [0.25, 0.3) is 5.91 Å². The van der Waals surface area contributed by atoms with Crippen LogP contribution in [0.25, 0.3) is 16.5 Å². The highest BCUT2D eigenvalue weighted by Gasteiger charge is 2.37. The van der Waals surface area contributed by atoms with Crippen molar-refractivity contribution in [3.05, 3.63) is 71.1 Å². The number of carbonyl (C=O) groups excluding carboxylic acids is 2. The molecule has 3 aromatic rings.